The third-order valence-electron chi connectivity index (χ3n) is 2.95. The van der Waals surface area contributed by atoms with E-state index < -0.39 is 0 Å². The third-order valence-corrected chi connectivity index (χ3v) is 2.95. The molecule has 1 aliphatic heterocycles. The van der Waals surface area contributed by atoms with Gasteiger partial charge in [0.25, 0.3) is 0 Å². The van der Waals surface area contributed by atoms with E-state index in [1.54, 1.807) is 12.1 Å². The summed E-state index contributed by atoms with van der Waals surface area (Å²) in [6, 6.07) is 0. The molecular weight excluding hydrogens is 207 g/mol. The smallest absolute Gasteiger partial charge is 0.462 e. The number of rotatable bonds is 3. The lowest BCUT2D eigenvalue weighted by Gasteiger charge is -2.32. The molecule has 0 aliphatic carbocycles. The summed E-state index contributed by atoms with van der Waals surface area (Å²) in [5, 5.41) is 0. The highest BCUT2D eigenvalue weighted by Gasteiger charge is 2.49. The summed E-state index contributed by atoms with van der Waals surface area (Å²) in [6.45, 7) is 9.60. The van der Waals surface area contributed by atoms with Gasteiger partial charge >= 0.3 is 13.1 Å². The third kappa shape index (κ3) is 3.09. The van der Waals surface area contributed by atoms with Gasteiger partial charge in [-0.1, -0.05) is 12.1 Å². The van der Waals surface area contributed by atoms with E-state index >= 15 is 0 Å². The molecule has 0 aromatic carbocycles. The second-order valence-electron chi connectivity index (χ2n) is 4.86. The fourth-order valence-corrected chi connectivity index (χ4v) is 1.30. The van der Waals surface area contributed by atoms with Gasteiger partial charge in [-0.15, -0.1) is 0 Å². The summed E-state index contributed by atoms with van der Waals surface area (Å²) in [5.74, 6) is 1.47. The van der Waals surface area contributed by atoms with Crippen LogP contribution in [-0.2, 0) is 18.8 Å². The zero-order valence-corrected chi connectivity index (χ0v) is 10.6. The van der Waals surface area contributed by atoms with E-state index in [0.29, 0.717) is 0 Å². The fourth-order valence-electron chi connectivity index (χ4n) is 1.30. The molecule has 0 saturated carbocycles. The molecule has 4 nitrogen and oxygen atoms in total. The van der Waals surface area contributed by atoms with E-state index in [1.807, 2.05) is 27.7 Å². The van der Waals surface area contributed by atoms with Gasteiger partial charge in [0.15, 0.2) is 0 Å². The van der Waals surface area contributed by atoms with Crippen LogP contribution >= 0.6 is 0 Å². The molecule has 0 unspecified atom stereocenters. The molecule has 16 heavy (non-hydrogen) atoms. The van der Waals surface area contributed by atoms with Crippen molar-refractivity contribution < 1.29 is 18.8 Å². The SMILES string of the molecule is CC(=O)OC/C=C/B1OC(C)(C)C(C)(C)O1. The highest BCUT2D eigenvalue weighted by atomic mass is 16.7. The van der Waals surface area contributed by atoms with Crippen molar-refractivity contribution in [2.24, 2.45) is 0 Å². The fraction of sp³-hybridized carbons (Fsp3) is 0.727. The first kappa shape index (κ1) is 13.3. The largest absolute Gasteiger partial charge is 0.486 e. The molecular formula is C11H19BO4. The minimum atomic E-state index is -0.374. The Morgan fingerprint density at radius 2 is 1.75 bits per heavy atom. The minimum absolute atomic E-state index is 0.249. The van der Waals surface area contributed by atoms with E-state index in [4.69, 9.17) is 14.0 Å². The van der Waals surface area contributed by atoms with Gasteiger partial charge in [0.1, 0.15) is 6.61 Å². The van der Waals surface area contributed by atoms with E-state index in [2.05, 4.69) is 0 Å². The van der Waals surface area contributed by atoms with Crippen LogP contribution in [0.4, 0.5) is 0 Å². The van der Waals surface area contributed by atoms with Gasteiger partial charge in [-0.2, -0.15) is 0 Å². The Kier molecular flexibility index (Phi) is 3.81. The van der Waals surface area contributed by atoms with Gasteiger partial charge in [-0.3, -0.25) is 4.79 Å². The maximum Gasteiger partial charge on any atom is 0.486 e. The van der Waals surface area contributed by atoms with Crippen LogP contribution in [0.3, 0.4) is 0 Å². The van der Waals surface area contributed by atoms with E-state index in [0.717, 1.165) is 0 Å². The molecule has 0 amide bonds. The van der Waals surface area contributed by atoms with Crippen LogP contribution in [0.5, 0.6) is 0 Å². The maximum atomic E-state index is 10.5. The summed E-state index contributed by atoms with van der Waals surface area (Å²) in [7, 11) is -0.374. The molecule has 0 N–H and O–H groups in total. The number of carbonyl (C=O) groups excluding carboxylic acids is 1. The van der Waals surface area contributed by atoms with Crippen LogP contribution in [-0.4, -0.2) is 30.9 Å². The van der Waals surface area contributed by atoms with Gasteiger partial charge in [-0.05, 0) is 27.7 Å². The molecule has 1 fully saturated rings. The highest BCUT2D eigenvalue weighted by Crippen LogP contribution is 2.36. The minimum Gasteiger partial charge on any atom is -0.462 e. The molecule has 1 saturated heterocycles. The Bertz CT molecular complexity index is 280. The van der Waals surface area contributed by atoms with Crippen molar-refractivity contribution >= 4 is 13.1 Å². The molecule has 0 bridgehead atoms. The van der Waals surface area contributed by atoms with Crippen molar-refractivity contribution in [2.75, 3.05) is 6.61 Å². The van der Waals surface area contributed by atoms with E-state index in [1.165, 1.54) is 6.92 Å². The second-order valence-corrected chi connectivity index (χ2v) is 4.86. The quantitative estimate of drug-likeness (QED) is 0.543. The van der Waals surface area contributed by atoms with Crippen LogP contribution in [0, 0.1) is 0 Å². The van der Waals surface area contributed by atoms with Crippen molar-refractivity contribution in [2.45, 2.75) is 45.8 Å². The first-order valence-electron chi connectivity index (χ1n) is 5.40. The van der Waals surface area contributed by atoms with Crippen LogP contribution in [0.2, 0.25) is 0 Å². The summed E-state index contributed by atoms with van der Waals surface area (Å²) in [6.07, 6.45) is 1.73. The molecule has 1 rings (SSSR count). The first-order valence-corrected chi connectivity index (χ1v) is 5.40. The Hall–Kier alpha value is -0.805. The van der Waals surface area contributed by atoms with Crippen LogP contribution in [0.25, 0.3) is 0 Å². The number of hydrogen-bond acceptors (Lipinski definition) is 4. The van der Waals surface area contributed by atoms with Crippen LogP contribution in [0.15, 0.2) is 12.1 Å². The van der Waals surface area contributed by atoms with Crippen LogP contribution in [0.1, 0.15) is 34.6 Å². The number of hydrogen-bond donors (Lipinski definition) is 0. The van der Waals surface area contributed by atoms with Crippen LogP contribution < -0.4 is 0 Å². The van der Waals surface area contributed by atoms with Crippen molar-refractivity contribution in [3.05, 3.63) is 12.1 Å². The number of carbonyl (C=O) groups is 1. The average Bonchev–Trinajstić information content (AvgIpc) is 2.29. The van der Waals surface area contributed by atoms with Gasteiger partial charge in [0, 0.05) is 6.92 Å². The lowest BCUT2D eigenvalue weighted by atomic mass is 9.90. The Balaban J connectivity index is 2.45. The van der Waals surface area contributed by atoms with Crippen molar-refractivity contribution in [1.29, 1.82) is 0 Å². The Morgan fingerprint density at radius 3 is 2.19 bits per heavy atom. The van der Waals surface area contributed by atoms with Gasteiger partial charge in [0.05, 0.1) is 11.2 Å². The lowest BCUT2D eigenvalue weighted by Crippen LogP contribution is -2.41. The maximum absolute atomic E-state index is 10.5. The topological polar surface area (TPSA) is 44.8 Å². The Morgan fingerprint density at radius 1 is 1.25 bits per heavy atom. The average molecular weight is 226 g/mol. The predicted octanol–water partition coefficient (Wildman–Crippen LogP) is 1.74. The molecule has 5 heteroatoms. The highest BCUT2D eigenvalue weighted by molar-refractivity contribution is 6.51. The molecule has 1 heterocycles. The van der Waals surface area contributed by atoms with Crippen molar-refractivity contribution in [3.63, 3.8) is 0 Å². The molecule has 0 radical (unpaired) electrons. The van der Waals surface area contributed by atoms with Crippen molar-refractivity contribution in [1.82, 2.24) is 0 Å². The Labute approximate surface area is 97.1 Å². The molecule has 1 aliphatic rings. The summed E-state index contributed by atoms with van der Waals surface area (Å²) in [4.78, 5) is 10.5. The lowest BCUT2D eigenvalue weighted by molar-refractivity contribution is -0.139. The zero-order valence-electron chi connectivity index (χ0n) is 10.6. The van der Waals surface area contributed by atoms with Crippen molar-refractivity contribution in [3.8, 4) is 0 Å². The summed E-state index contributed by atoms with van der Waals surface area (Å²) in [5.41, 5.74) is -0.660. The molecule has 90 valence electrons. The summed E-state index contributed by atoms with van der Waals surface area (Å²) >= 11 is 0. The molecule has 0 aromatic heterocycles. The number of esters is 1. The standard InChI is InChI=1S/C11H19BO4/c1-9(13)14-8-6-7-12-15-10(2,3)11(4,5)16-12/h6-7H,8H2,1-5H3/b7-6+. The van der Waals surface area contributed by atoms with Gasteiger partial charge < -0.3 is 14.0 Å². The zero-order chi connectivity index (χ0) is 12.4. The van der Waals surface area contributed by atoms with E-state index in [-0.39, 0.29) is 30.9 Å². The van der Waals surface area contributed by atoms with Gasteiger partial charge in [0.2, 0.25) is 0 Å². The first-order chi connectivity index (χ1) is 7.24. The van der Waals surface area contributed by atoms with Gasteiger partial charge in [-0.25, -0.2) is 0 Å². The second kappa shape index (κ2) is 4.59. The molecule has 0 spiro atoms. The normalized spacial score (nSPS) is 22.7. The summed E-state index contributed by atoms with van der Waals surface area (Å²) < 4.78 is 16.2. The predicted molar refractivity (Wildman–Crippen MR) is 61.9 cm³/mol. The molecule has 0 aromatic rings. The number of ether oxygens (including phenoxy) is 1. The monoisotopic (exact) mass is 226 g/mol. The van der Waals surface area contributed by atoms with E-state index in [9.17, 15) is 4.79 Å². The molecule has 0 atom stereocenters.